The van der Waals surface area contributed by atoms with Crippen molar-refractivity contribution in [1.29, 1.82) is 0 Å². The zero-order valence-electron chi connectivity index (χ0n) is 9.10. The van der Waals surface area contributed by atoms with E-state index < -0.39 is 0 Å². The van der Waals surface area contributed by atoms with E-state index in [-0.39, 0.29) is 0 Å². The highest BCUT2D eigenvalue weighted by molar-refractivity contribution is 5.81. The molecule has 0 unspecified atom stereocenters. The van der Waals surface area contributed by atoms with Crippen molar-refractivity contribution in [3.8, 4) is 0 Å². The molecule has 0 aromatic carbocycles. The molecule has 1 saturated heterocycles. The minimum Gasteiger partial charge on any atom is -0.409 e. The normalized spacial score (nSPS) is 25.7. The number of piperazine rings is 1. The minimum atomic E-state index is 0.311. The first-order valence-corrected chi connectivity index (χ1v) is 5.69. The van der Waals surface area contributed by atoms with Gasteiger partial charge in [-0.1, -0.05) is 5.16 Å². The summed E-state index contributed by atoms with van der Waals surface area (Å²) in [6.45, 7) is 6.17. The molecule has 2 rings (SSSR count). The summed E-state index contributed by atoms with van der Waals surface area (Å²) in [6.07, 6.45) is 2.84. The van der Waals surface area contributed by atoms with Gasteiger partial charge in [-0.15, -0.1) is 0 Å². The first-order valence-electron chi connectivity index (χ1n) is 5.69. The lowest BCUT2D eigenvalue weighted by Crippen LogP contribution is -2.49. The molecule has 15 heavy (non-hydrogen) atoms. The van der Waals surface area contributed by atoms with Crippen LogP contribution < -0.4 is 5.73 Å². The Bertz CT molecular complexity index is 232. The zero-order chi connectivity index (χ0) is 10.7. The van der Waals surface area contributed by atoms with Crippen LogP contribution in [-0.4, -0.2) is 60.1 Å². The number of amidine groups is 1. The molecule has 1 aliphatic carbocycles. The van der Waals surface area contributed by atoms with Crippen LogP contribution in [0.4, 0.5) is 0 Å². The van der Waals surface area contributed by atoms with Gasteiger partial charge in [-0.05, 0) is 18.8 Å². The zero-order valence-corrected chi connectivity index (χ0v) is 9.10. The van der Waals surface area contributed by atoms with E-state index in [0.29, 0.717) is 12.4 Å². The van der Waals surface area contributed by atoms with Crippen LogP contribution >= 0.6 is 0 Å². The van der Waals surface area contributed by atoms with E-state index in [1.165, 1.54) is 19.4 Å². The van der Waals surface area contributed by atoms with Crippen molar-refractivity contribution < 1.29 is 5.21 Å². The van der Waals surface area contributed by atoms with E-state index in [1.807, 2.05) is 0 Å². The Labute approximate surface area is 90.5 Å². The third-order valence-electron chi connectivity index (χ3n) is 3.19. The van der Waals surface area contributed by atoms with Gasteiger partial charge in [-0.3, -0.25) is 4.90 Å². The predicted octanol–water partition coefficient (Wildman–Crippen LogP) is -0.240. The molecule has 86 valence electrons. The smallest absolute Gasteiger partial charge is 0.153 e. The average Bonchev–Trinajstić information content (AvgIpc) is 3.05. The predicted molar refractivity (Wildman–Crippen MR) is 59.0 cm³/mol. The van der Waals surface area contributed by atoms with Crippen LogP contribution in [0.15, 0.2) is 5.16 Å². The van der Waals surface area contributed by atoms with Gasteiger partial charge >= 0.3 is 0 Å². The molecule has 0 spiro atoms. The molecule has 2 fully saturated rings. The number of hydrogen-bond donors (Lipinski definition) is 2. The molecule has 0 amide bonds. The molecule has 5 heteroatoms. The van der Waals surface area contributed by atoms with Crippen LogP contribution in [0.2, 0.25) is 0 Å². The van der Waals surface area contributed by atoms with Gasteiger partial charge in [0.15, 0.2) is 5.84 Å². The Morgan fingerprint density at radius 3 is 2.33 bits per heavy atom. The Kier molecular flexibility index (Phi) is 3.43. The molecule has 0 bridgehead atoms. The summed E-state index contributed by atoms with van der Waals surface area (Å²) in [6, 6.07) is 0. The Morgan fingerprint density at radius 1 is 1.20 bits per heavy atom. The topological polar surface area (TPSA) is 65.1 Å². The van der Waals surface area contributed by atoms with Crippen molar-refractivity contribution in [2.75, 3.05) is 39.3 Å². The summed E-state index contributed by atoms with van der Waals surface area (Å²) >= 11 is 0. The molecule has 3 N–H and O–H groups in total. The van der Waals surface area contributed by atoms with E-state index >= 15 is 0 Å². The van der Waals surface area contributed by atoms with Crippen LogP contribution in [0.5, 0.6) is 0 Å². The monoisotopic (exact) mass is 212 g/mol. The summed E-state index contributed by atoms with van der Waals surface area (Å²) < 4.78 is 0. The largest absolute Gasteiger partial charge is 0.409 e. The Balaban J connectivity index is 1.66. The fraction of sp³-hybridized carbons (Fsp3) is 0.900. The van der Waals surface area contributed by atoms with Crippen molar-refractivity contribution in [2.24, 2.45) is 16.8 Å². The molecule has 1 saturated carbocycles. The summed E-state index contributed by atoms with van der Waals surface area (Å²) in [5.41, 5.74) is 5.47. The Morgan fingerprint density at radius 2 is 1.80 bits per heavy atom. The van der Waals surface area contributed by atoms with Crippen LogP contribution in [0.3, 0.4) is 0 Å². The summed E-state index contributed by atoms with van der Waals surface area (Å²) in [7, 11) is 0. The van der Waals surface area contributed by atoms with Crippen LogP contribution in [-0.2, 0) is 0 Å². The van der Waals surface area contributed by atoms with Crippen LogP contribution in [0, 0.1) is 5.92 Å². The first-order chi connectivity index (χ1) is 7.28. The molecule has 1 aliphatic heterocycles. The molecule has 5 nitrogen and oxygen atoms in total. The van der Waals surface area contributed by atoms with Crippen molar-refractivity contribution in [3.63, 3.8) is 0 Å². The maximum absolute atomic E-state index is 8.47. The number of nitrogens with two attached hydrogens (primary N) is 1. The quantitative estimate of drug-likeness (QED) is 0.292. The standard InChI is InChI=1S/C10H20N4O/c11-10(12-15)8-14-5-3-13(4-6-14)7-9-1-2-9/h9,15H,1-8H2,(H2,11,12). The van der Waals surface area contributed by atoms with Gasteiger partial charge in [0.05, 0.1) is 6.54 Å². The summed E-state index contributed by atoms with van der Waals surface area (Å²) in [4.78, 5) is 4.76. The third kappa shape index (κ3) is 3.35. The van der Waals surface area contributed by atoms with Crippen molar-refractivity contribution >= 4 is 5.84 Å². The van der Waals surface area contributed by atoms with Crippen molar-refractivity contribution in [3.05, 3.63) is 0 Å². The molecule has 2 aliphatic rings. The summed E-state index contributed by atoms with van der Waals surface area (Å²) in [5, 5.41) is 11.5. The van der Waals surface area contributed by atoms with Crippen LogP contribution in [0.25, 0.3) is 0 Å². The van der Waals surface area contributed by atoms with E-state index in [0.717, 1.165) is 32.1 Å². The van der Waals surface area contributed by atoms with E-state index in [4.69, 9.17) is 10.9 Å². The van der Waals surface area contributed by atoms with E-state index in [2.05, 4.69) is 15.0 Å². The van der Waals surface area contributed by atoms with Gasteiger partial charge in [0.1, 0.15) is 0 Å². The van der Waals surface area contributed by atoms with Gasteiger partial charge in [-0.25, -0.2) is 0 Å². The molecule has 0 radical (unpaired) electrons. The van der Waals surface area contributed by atoms with Crippen molar-refractivity contribution in [1.82, 2.24) is 9.80 Å². The highest BCUT2D eigenvalue weighted by atomic mass is 16.4. The third-order valence-corrected chi connectivity index (χ3v) is 3.19. The fourth-order valence-electron chi connectivity index (χ4n) is 2.06. The van der Waals surface area contributed by atoms with Gasteiger partial charge in [0.25, 0.3) is 0 Å². The molecular formula is C10H20N4O. The second-order valence-corrected chi connectivity index (χ2v) is 4.61. The maximum Gasteiger partial charge on any atom is 0.153 e. The second-order valence-electron chi connectivity index (χ2n) is 4.61. The average molecular weight is 212 g/mol. The number of oxime groups is 1. The summed E-state index contributed by atoms with van der Waals surface area (Å²) in [5.74, 6) is 1.28. The van der Waals surface area contributed by atoms with E-state index in [1.54, 1.807) is 0 Å². The number of rotatable bonds is 4. The second kappa shape index (κ2) is 4.81. The SMILES string of the molecule is NC(CN1CCN(CC2CC2)CC1)=NO. The van der Waals surface area contributed by atoms with Crippen molar-refractivity contribution in [2.45, 2.75) is 12.8 Å². The lowest BCUT2D eigenvalue weighted by molar-refractivity contribution is 0.140. The molecule has 0 atom stereocenters. The molecule has 0 aromatic heterocycles. The highest BCUT2D eigenvalue weighted by Gasteiger charge is 2.26. The molecular weight excluding hydrogens is 192 g/mol. The fourth-order valence-corrected chi connectivity index (χ4v) is 2.06. The lowest BCUT2D eigenvalue weighted by Gasteiger charge is -2.34. The molecule has 1 heterocycles. The number of hydrogen-bond acceptors (Lipinski definition) is 4. The van der Waals surface area contributed by atoms with Gasteiger partial charge < -0.3 is 15.8 Å². The Hall–Kier alpha value is -0.810. The highest BCUT2D eigenvalue weighted by Crippen LogP contribution is 2.29. The number of nitrogens with zero attached hydrogens (tertiary/aromatic N) is 3. The maximum atomic E-state index is 8.47. The minimum absolute atomic E-state index is 0.311. The van der Waals surface area contributed by atoms with Crippen LogP contribution in [0.1, 0.15) is 12.8 Å². The lowest BCUT2D eigenvalue weighted by atomic mass is 10.3. The molecule has 0 aromatic rings. The van der Waals surface area contributed by atoms with E-state index in [9.17, 15) is 0 Å². The van der Waals surface area contributed by atoms with Gasteiger partial charge in [0.2, 0.25) is 0 Å². The van der Waals surface area contributed by atoms with Gasteiger partial charge in [0, 0.05) is 32.7 Å². The first kappa shape index (κ1) is 10.7. The van der Waals surface area contributed by atoms with Gasteiger partial charge in [-0.2, -0.15) is 0 Å².